The summed E-state index contributed by atoms with van der Waals surface area (Å²) >= 11 is 0. The molecule has 0 radical (unpaired) electrons. The first kappa shape index (κ1) is 9.95. The van der Waals surface area contributed by atoms with E-state index < -0.39 is 11.7 Å². The molecule has 0 bridgehead atoms. The van der Waals surface area contributed by atoms with Gasteiger partial charge in [-0.2, -0.15) is 0 Å². The van der Waals surface area contributed by atoms with Crippen LogP contribution in [-0.2, 0) is 4.79 Å². The molecule has 2 N–H and O–H groups in total. The summed E-state index contributed by atoms with van der Waals surface area (Å²) in [7, 11) is 0. The lowest BCUT2D eigenvalue weighted by molar-refractivity contribution is -0.142. The minimum absolute atomic E-state index is 0.132. The van der Waals surface area contributed by atoms with E-state index in [-0.39, 0.29) is 11.8 Å². The number of aromatic amines is 1. The van der Waals surface area contributed by atoms with Crippen molar-refractivity contribution in [3.8, 4) is 0 Å². The Morgan fingerprint density at radius 2 is 2.07 bits per heavy atom. The van der Waals surface area contributed by atoms with Crippen LogP contribution in [0.3, 0.4) is 0 Å². The lowest BCUT2D eigenvalue weighted by Crippen LogP contribution is -2.21. The molecule has 6 nitrogen and oxygen atoms in total. The highest BCUT2D eigenvalue weighted by atomic mass is 16.5. The van der Waals surface area contributed by atoms with Crippen molar-refractivity contribution in [2.75, 3.05) is 0 Å². The molecule has 0 unspecified atom stereocenters. The van der Waals surface area contributed by atoms with Crippen LogP contribution in [0, 0.1) is 5.92 Å². The first-order valence-electron chi connectivity index (χ1n) is 4.95. The van der Waals surface area contributed by atoms with Crippen LogP contribution in [0.4, 0.5) is 0 Å². The topological polar surface area (TPSA) is 96.2 Å². The summed E-state index contributed by atoms with van der Waals surface area (Å²) in [6.07, 6.45) is 2.74. The molecule has 1 aromatic rings. The van der Waals surface area contributed by atoms with Gasteiger partial charge in [-0.25, -0.2) is 4.79 Å². The number of hydrogen-bond donors (Lipinski definition) is 2. The van der Waals surface area contributed by atoms with Crippen LogP contribution < -0.4 is 5.76 Å². The molecule has 0 saturated heterocycles. The summed E-state index contributed by atoms with van der Waals surface area (Å²) in [6.45, 7) is 0. The summed E-state index contributed by atoms with van der Waals surface area (Å²) in [4.78, 5) is 23.9. The van der Waals surface area contributed by atoms with Crippen LogP contribution in [0.25, 0.3) is 0 Å². The third-order valence-electron chi connectivity index (χ3n) is 2.92. The van der Waals surface area contributed by atoms with Gasteiger partial charge >= 0.3 is 11.7 Å². The zero-order valence-corrected chi connectivity index (χ0v) is 8.10. The van der Waals surface area contributed by atoms with E-state index in [4.69, 9.17) is 5.11 Å². The van der Waals surface area contributed by atoms with Crippen molar-refractivity contribution in [3.05, 3.63) is 16.4 Å². The van der Waals surface area contributed by atoms with E-state index in [9.17, 15) is 9.59 Å². The molecule has 0 amide bonds. The molecule has 15 heavy (non-hydrogen) atoms. The third kappa shape index (κ3) is 2.08. The van der Waals surface area contributed by atoms with Crippen molar-refractivity contribution in [2.45, 2.75) is 31.6 Å². The fourth-order valence-electron chi connectivity index (χ4n) is 2.03. The molecule has 82 valence electrons. The number of H-pyrrole nitrogens is 1. The van der Waals surface area contributed by atoms with Gasteiger partial charge in [0.15, 0.2) is 5.82 Å². The Bertz CT molecular complexity index is 400. The summed E-state index contributed by atoms with van der Waals surface area (Å²) in [6, 6.07) is 0. The van der Waals surface area contributed by atoms with Gasteiger partial charge in [0.25, 0.3) is 0 Å². The average molecular weight is 212 g/mol. The zero-order valence-electron chi connectivity index (χ0n) is 8.10. The van der Waals surface area contributed by atoms with Crippen molar-refractivity contribution in [3.63, 3.8) is 0 Å². The minimum atomic E-state index is -0.734. The van der Waals surface area contributed by atoms with Crippen molar-refractivity contribution < 1.29 is 14.4 Å². The number of nitrogens with zero attached hydrogens (tertiary/aromatic N) is 1. The number of carbonyl (C=O) groups is 1. The van der Waals surface area contributed by atoms with Gasteiger partial charge in [0.05, 0.1) is 5.92 Å². The van der Waals surface area contributed by atoms with Crippen molar-refractivity contribution in [2.24, 2.45) is 5.92 Å². The first-order valence-corrected chi connectivity index (χ1v) is 4.95. The fourth-order valence-corrected chi connectivity index (χ4v) is 2.03. The smallest absolute Gasteiger partial charge is 0.438 e. The minimum Gasteiger partial charge on any atom is -0.481 e. The van der Waals surface area contributed by atoms with E-state index >= 15 is 0 Å². The van der Waals surface area contributed by atoms with Crippen LogP contribution in [0.2, 0.25) is 0 Å². The molecule has 1 saturated carbocycles. The van der Waals surface area contributed by atoms with Crippen LogP contribution in [-0.4, -0.2) is 21.2 Å². The van der Waals surface area contributed by atoms with E-state index in [1.807, 2.05) is 0 Å². The summed E-state index contributed by atoms with van der Waals surface area (Å²) in [5, 5.41) is 12.4. The number of rotatable bonds is 2. The van der Waals surface area contributed by atoms with E-state index in [0.717, 1.165) is 12.8 Å². The number of aliphatic carboxylic acids is 1. The maximum atomic E-state index is 10.7. The van der Waals surface area contributed by atoms with Crippen LogP contribution >= 0.6 is 0 Å². The Hall–Kier alpha value is -1.59. The molecular formula is C9H12N2O4. The first-order chi connectivity index (χ1) is 7.16. The van der Waals surface area contributed by atoms with E-state index in [1.165, 1.54) is 0 Å². The second kappa shape index (κ2) is 3.88. The Kier molecular flexibility index (Phi) is 2.57. The fraction of sp³-hybridized carbons (Fsp3) is 0.667. The van der Waals surface area contributed by atoms with Gasteiger partial charge in [-0.3, -0.25) is 14.3 Å². The molecule has 1 aromatic heterocycles. The molecule has 6 heteroatoms. The number of aromatic nitrogens is 2. The van der Waals surface area contributed by atoms with Crippen molar-refractivity contribution in [1.82, 2.24) is 10.1 Å². The third-order valence-corrected chi connectivity index (χ3v) is 2.92. The maximum Gasteiger partial charge on any atom is 0.438 e. The number of carboxylic acids is 1. The molecular weight excluding hydrogens is 200 g/mol. The largest absolute Gasteiger partial charge is 0.481 e. The van der Waals surface area contributed by atoms with Gasteiger partial charge < -0.3 is 5.11 Å². The lowest BCUT2D eigenvalue weighted by atomic mass is 9.82. The molecule has 1 aliphatic rings. The highest BCUT2D eigenvalue weighted by Crippen LogP contribution is 2.33. The van der Waals surface area contributed by atoms with Crippen molar-refractivity contribution >= 4 is 5.97 Å². The standard InChI is InChI=1S/C9H12N2O4/c12-8(13)6-3-1-5(2-4-6)7-10-9(14)15-11-7/h5-6H,1-4H2,(H,12,13)(H,10,11,14). The number of carboxylic acid groups (broad SMARTS) is 1. The lowest BCUT2D eigenvalue weighted by Gasteiger charge is -2.23. The van der Waals surface area contributed by atoms with E-state index in [0.29, 0.717) is 18.7 Å². The highest BCUT2D eigenvalue weighted by Gasteiger charge is 2.28. The molecule has 1 heterocycles. The predicted octanol–water partition coefficient (Wildman–Crippen LogP) is 0.721. The average Bonchev–Trinajstić information content (AvgIpc) is 2.65. The van der Waals surface area contributed by atoms with Crippen LogP contribution in [0.5, 0.6) is 0 Å². The number of hydrogen-bond acceptors (Lipinski definition) is 4. The van der Waals surface area contributed by atoms with Gasteiger partial charge in [-0.15, -0.1) is 0 Å². The van der Waals surface area contributed by atoms with Crippen LogP contribution in [0.15, 0.2) is 9.32 Å². The van der Waals surface area contributed by atoms with Crippen molar-refractivity contribution in [1.29, 1.82) is 0 Å². The molecule has 0 atom stereocenters. The monoisotopic (exact) mass is 212 g/mol. The Labute approximate surface area is 85.3 Å². The highest BCUT2D eigenvalue weighted by molar-refractivity contribution is 5.70. The number of nitrogens with one attached hydrogen (secondary N) is 1. The second-order valence-corrected chi connectivity index (χ2v) is 3.87. The normalized spacial score (nSPS) is 26.4. The molecule has 2 rings (SSSR count). The van der Waals surface area contributed by atoms with Gasteiger partial charge in [0.1, 0.15) is 0 Å². The summed E-state index contributed by atoms with van der Waals surface area (Å²) < 4.78 is 4.41. The van der Waals surface area contributed by atoms with Gasteiger partial charge in [0, 0.05) is 5.92 Å². The van der Waals surface area contributed by atoms with Gasteiger partial charge in [0.2, 0.25) is 0 Å². The van der Waals surface area contributed by atoms with Gasteiger partial charge in [-0.1, -0.05) is 5.16 Å². The van der Waals surface area contributed by atoms with Crippen LogP contribution in [0.1, 0.15) is 37.4 Å². The SMILES string of the molecule is O=C(O)C1CCC(c2noc(=O)[nH]2)CC1. The summed E-state index contributed by atoms with van der Waals surface area (Å²) in [5.74, 6) is -0.858. The summed E-state index contributed by atoms with van der Waals surface area (Å²) in [5.41, 5.74) is 0. The molecule has 0 aromatic carbocycles. The predicted molar refractivity (Wildman–Crippen MR) is 49.5 cm³/mol. The Balaban J connectivity index is 1.99. The van der Waals surface area contributed by atoms with Gasteiger partial charge in [-0.05, 0) is 25.7 Å². The maximum absolute atomic E-state index is 10.7. The zero-order chi connectivity index (χ0) is 10.8. The molecule has 1 aliphatic carbocycles. The molecule has 0 aliphatic heterocycles. The Morgan fingerprint density at radius 3 is 2.53 bits per heavy atom. The second-order valence-electron chi connectivity index (χ2n) is 3.87. The molecule has 1 fully saturated rings. The van der Waals surface area contributed by atoms with E-state index in [1.54, 1.807) is 0 Å². The quantitative estimate of drug-likeness (QED) is 0.752. The molecule has 0 spiro atoms. The van der Waals surface area contributed by atoms with E-state index in [2.05, 4.69) is 14.7 Å². The Morgan fingerprint density at radius 1 is 1.40 bits per heavy atom.